The Hall–Kier alpha value is -0.610. The molecule has 0 bridgehead atoms. The highest BCUT2D eigenvalue weighted by molar-refractivity contribution is 7.19. The van der Waals surface area contributed by atoms with E-state index in [0.29, 0.717) is 12.0 Å². The van der Waals surface area contributed by atoms with Crippen LogP contribution in [0.3, 0.4) is 0 Å². The van der Waals surface area contributed by atoms with Crippen LogP contribution in [0.25, 0.3) is 10.1 Å². The molecule has 19 heavy (non-hydrogen) atoms. The first-order valence-corrected chi connectivity index (χ1v) is 7.83. The van der Waals surface area contributed by atoms with Gasteiger partial charge in [-0.25, -0.2) is 0 Å². The van der Waals surface area contributed by atoms with E-state index >= 15 is 0 Å². The number of thiophene rings is 1. The lowest BCUT2D eigenvalue weighted by molar-refractivity contribution is 0.244. The molecule has 1 heterocycles. The maximum absolute atomic E-state index is 9.09. The van der Waals surface area contributed by atoms with Gasteiger partial charge in [-0.2, -0.15) is 0 Å². The summed E-state index contributed by atoms with van der Waals surface area (Å²) in [4.78, 5) is 1.17. The van der Waals surface area contributed by atoms with Crippen molar-refractivity contribution < 1.29 is 5.11 Å². The van der Waals surface area contributed by atoms with Crippen LogP contribution >= 0.6 is 22.9 Å². The van der Waals surface area contributed by atoms with Crippen molar-refractivity contribution in [2.24, 2.45) is 5.92 Å². The highest BCUT2D eigenvalue weighted by atomic mass is 35.5. The summed E-state index contributed by atoms with van der Waals surface area (Å²) in [5.74, 6) is 0.500. The number of benzene rings is 1. The summed E-state index contributed by atoms with van der Waals surface area (Å²) in [6, 6.07) is 8.54. The van der Waals surface area contributed by atoms with Crippen LogP contribution in [0, 0.1) is 5.92 Å². The lowest BCUT2D eigenvalue weighted by Crippen LogP contribution is -2.34. The maximum Gasteiger partial charge on any atom is 0.0636 e. The van der Waals surface area contributed by atoms with Crippen molar-refractivity contribution in [3.05, 3.63) is 34.2 Å². The van der Waals surface area contributed by atoms with E-state index in [4.69, 9.17) is 16.7 Å². The van der Waals surface area contributed by atoms with Crippen LogP contribution in [0.5, 0.6) is 0 Å². The van der Waals surface area contributed by atoms with Crippen LogP contribution in [0.1, 0.15) is 25.1 Å². The third kappa shape index (κ3) is 3.48. The van der Waals surface area contributed by atoms with Crippen molar-refractivity contribution in [2.45, 2.75) is 32.9 Å². The molecule has 0 aliphatic heterocycles. The Labute approximate surface area is 123 Å². The number of halogens is 1. The predicted octanol–water partition coefficient (Wildman–Crippen LogP) is 4.05. The summed E-state index contributed by atoms with van der Waals surface area (Å²) in [5.41, 5.74) is 0. The fourth-order valence-corrected chi connectivity index (χ4v) is 3.66. The van der Waals surface area contributed by atoms with E-state index in [1.807, 2.05) is 12.1 Å². The van der Waals surface area contributed by atoms with Crippen molar-refractivity contribution >= 4 is 33.0 Å². The molecule has 2 rings (SSSR count). The molecule has 2 nitrogen and oxygen atoms in total. The Morgan fingerprint density at radius 2 is 2.05 bits per heavy atom. The van der Waals surface area contributed by atoms with Crippen LogP contribution in [0.4, 0.5) is 0 Å². The molecule has 0 saturated heterocycles. The van der Waals surface area contributed by atoms with Crippen LogP contribution < -0.4 is 5.32 Å². The molecule has 4 heteroatoms. The summed E-state index contributed by atoms with van der Waals surface area (Å²) >= 11 is 8.16. The van der Waals surface area contributed by atoms with Crippen molar-refractivity contribution in [3.63, 3.8) is 0 Å². The minimum atomic E-state index is 0.218. The first-order valence-electron chi connectivity index (χ1n) is 6.63. The third-order valence-electron chi connectivity index (χ3n) is 3.37. The maximum atomic E-state index is 9.09. The number of hydrogen-bond donors (Lipinski definition) is 2. The standard InChI is InChI=1S/C15H20ClNOS/c1-10(2)12(7-8-18)17-9-14-15(16)11-5-3-4-6-13(11)19-14/h3-6,10,12,17-18H,7-9H2,1-2H3. The van der Waals surface area contributed by atoms with Crippen LogP contribution in [-0.4, -0.2) is 17.8 Å². The quantitative estimate of drug-likeness (QED) is 0.843. The number of rotatable bonds is 6. The first kappa shape index (κ1) is 14.8. The van der Waals surface area contributed by atoms with Gasteiger partial charge < -0.3 is 10.4 Å². The lowest BCUT2D eigenvalue weighted by Gasteiger charge is -2.21. The first-order chi connectivity index (χ1) is 9.13. The van der Waals surface area contributed by atoms with Gasteiger partial charge in [0, 0.05) is 34.2 Å². The second-order valence-corrected chi connectivity index (χ2v) is 6.59. The minimum Gasteiger partial charge on any atom is -0.396 e. The number of aliphatic hydroxyl groups is 1. The second kappa shape index (κ2) is 6.71. The minimum absolute atomic E-state index is 0.218. The monoisotopic (exact) mass is 297 g/mol. The molecule has 2 N–H and O–H groups in total. The molecule has 1 aromatic carbocycles. The van der Waals surface area contributed by atoms with Gasteiger partial charge >= 0.3 is 0 Å². The van der Waals surface area contributed by atoms with E-state index in [2.05, 4.69) is 31.3 Å². The molecular weight excluding hydrogens is 278 g/mol. The molecule has 2 aromatic rings. The van der Waals surface area contributed by atoms with Gasteiger partial charge in [0.1, 0.15) is 0 Å². The number of aliphatic hydroxyl groups excluding tert-OH is 1. The van der Waals surface area contributed by atoms with E-state index in [-0.39, 0.29) is 6.61 Å². The summed E-state index contributed by atoms with van der Waals surface area (Å²) in [7, 11) is 0. The zero-order chi connectivity index (χ0) is 13.8. The van der Waals surface area contributed by atoms with Crippen LogP contribution in [-0.2, 0) is 6.54 Å². The van der Waals surface area contributed by atoms with Gasteiger partial charge in [0.15, 0.2) is 0 Å². The molecular formula is C15H20ClNOS. The average molecular weight is 298 g/mol. The number of hydrogen-bond acceptors (Lipinski definition) is 3. The SMILES string of the molecule is CC(C)C(CCO)NCc1sc2ccccc2c1Cl. The highest BCUT2D eigenvalue weighted by Gasteiger charge is 2.15. The number of nitrogens with one attached hydrogen (secondary N) is 1. The Morgan fingerprint density at radius 1 is 1.32 bits per heavy atom. The average Bonchev–Trinajstić information content (AvgIpc) is 2.72. The smallest absolute Gasteiger partial charge is 0.0636 e. The molecule has 0 saturated carbocycles. The molecule has 0 radical (unpaired) electrons. The summed E-state index contributed by atoms with van der Waals surface area (Å²) in [6.07, 6.45) is 0.778. The molecule has 1 atom stereocenters. The molecule has 0 aliphatic carbocycles. The van der Waals surface area contributed by atoms with Gasteiger partial charge in [-0.1, -0.05) is 43.6 Å². The molecule has 104 valence electrons. The Morgan fingerprint density at radius 3 is 2.68 bits per heavy atom. The van der Waals surface area contributed by atoms with E-state index in [0.717, 1.165) is 23.4 Å². The molecule has 0 fully saturated rings. The topological polar surface area (TPSA) is 32.3 Å². The summed E-state index contributed by atoms with van der Waals surface area (Å²) < 4.78 is 1.23. The van der Waals surface area contributed by atoms with E-state index < -0.39 is 0 Å². The van der Waals surface area contributed by atoms with Gasteiger partial charge in [-0.3, -0.25) is 0 Å². The fourth-order valence-electron chi connectivity index (χ4n) is 2.21. The summed E-state index contributed by atoms with van der Waals surface area (Å²) in [5, 5.41) is 14.6. The van der Waals surface area contributed by atoms with Crippen LogP contribution in [0.15, 0.2) is 24.3 Å². The molecule has 0 amide bonds. The lowest BCUT2D eigenvalue weighted by atomic mass is 10.0. The zero-order valence-electron chi connectivity index (χ0n) is 11.3. The van der Waals surface area contributed by atoms with E-state index in [1.54, 1.807) is 11.3 Å². The molecule has 1 unspecified atom stereocenters. The largest absolute Gasteiger partial charge is 0.396 e. The second-order valence-electron chi connectivity index (χ2n) is 5.08. The highest BCUT2D eigenvalue weighted by Crippen LogP contribution is 2.35. The van der Waals surface area contributed by atoms with E-state index in [1.165, 1.54) is 9.58 Å². The van der Waals surface area contributed by atoms with Crippen LogP contribution in [0.2, 0.25) is 5.02 Å². The van der Waals surface area contributed by atoms with Gasteiger partial charge in [-0.05, 0) is 18.4 Å². The van der Waals surface area contributed by atoms with Crippen molar-refractivity contribution in [1.82, 2.24) is 5.32 Å². The molecule has 0 aliphatic rings. The van der Waals surface area contributed by atoms with E-state index in [9.17, 15) is 0 Å². The molecule has 0 spiro atoms. The molecule has 1 aromatic heterocycles. The Kier molecular flexibility index (Phi) is 5.22. The van der Waals surface area contributed by atoms with Gasteiger partial charge in [0.2, 0.25) is 0 Å². The van der Waals surface area contributed by atoms with Crippen molar-refractivity contribution in [1.29, 1.82) is 0 Å². The normalized spacial score (nSPS) is 13.3. The summed E-state index contributed by atoms with van der Waals surface area (Å²) in [6.45, 7) is 5.32. The number of fused-ring (bicyclic) bond motifs is 1. The van der Waals surface area contributed by atoms with Gasteiger partial charge in [0.25, 0.3) is 0 Å². The van der Waals surface area contributed by atoms with Gasteiger partial charge in [0.05, 0.1) is 5.02 Å². The Balaban J connectivity index is 2.10. The fraction of sp³-hybridized carbons (Fsp3) is 0.467. The third-order valence-corrected chi connectivity index (χ3v) is 5.09. The predicted molar refractivity (Wildman–Crippen MR) is 84.0 cm³/mol. The Bertz CT molecular complexity index is 538. The van der Waals surface area contributed by atoms with Gasteiger partial charge in [-0.15, -0.1) is 11.3 Å². The zero-order valence-corrected chi connectivity index (χ0v) is 12.9. The van der Waals surface area contributed by atoms with Crippen molar-refractivity contribution in [3.8, 4) is 0 Å². The van der Waals surface area contributed by atoms with Crippen molar-refractivity contribution in [2.75, 3.05) is 6.61 Å².